The van der Waals surface area contributed by atoms with Gasteiger partial charge in [-0.3, -0.25) is 0 Å². The molecule has 1 aromatic heterocycles. The normalized spacial score (nSPS) is 13.9. The summed E-state index contributed by atoms with van der Waals surface area (Å²) in [6.07, 6.45) is 6.26. The van der Waals surface area contributed by atoms with Crippen molar-refractivity contribution in [3.8, 4) is 0 Å². The van der Waals surface area contributed by atoms with Crippen LogP contribution in [0.2, 0.25) is 5.02 Å². The number of aromatic nitrogens is 2. The molecular weight excluding hydrogens is 300 g/mol. The smallest absolute Gasteiger partial charge is 0.315 e. The molecule has 2 aromatic rings. The van der Waals surface area contributed by atoms with Crippen molar-refractivity contribution < 1.29 is 4.79 Å². The molecule has 0 radical (unpaired) electrons. The number of carbonyl (C=O) groups is 1. The van der Waals surface area contributed by atoms with E-state index >= 15 is 0 Å². The van der Waals surface area contributed by atoms with Gasteiger partial charge in [-0.25, -0.2) is 9.78 Å². The van der Waals surface area contributed by atoms with Gasteiger partial charge < -0.3 is 15.2 Å². The first-order valence-electron chi connectivity index (χ1n) is 7.49. The summed E-state index contributed by atoms with van der Waals surface area (Å²) in [4.78, 5) is 16.2. The number of imidazole rings is 1. The minimum absolute atomic E-state index is 0.164. The molecule has 3 rings (SSSR count). The standard InChI is InChI=1S/C16H19ClN4O/c17-14-5-1-12(2-6-14)11-20-16(22)19-8-10-21-9-7-18-15(21)13-3-4-13/h1-2,5-7,9,13H,3-4,8,10-11H2,(H2,19,20,22). The van der Waals surface area contributed by atoms with Crippen molar-refractivity contribution in [2.45, 2.75) is 31.8 Å². The second-order valence-electron chi connectivity index (χ2n) is 5.49. The Hall–Kier alpha value is -2.01. The average Bonchev–Trinajstić information content (AvgIpc) is 3.26. The zero-order valence-electron chi connectivity index (χ0n) is 12.3. The molecule has 0 bridgehead atoms. The highest BCUT2D eigenvalue weighted by Gasteiger charge is 2.27. The fourth-order valence-corrected chi connectivity index (χ4v) is 2.47. The molecule has 2 N–H and O–H groups in total. The molecule has 116 valence electrons. The summed E-state index contributed by atoms with van der Waals surface area (Å²) in [5.74, 6) is 1.76. The maximum atomic E-state index is 11.8. The van der Waals surface area contributed by atoms with Gasteiger partial charge in [-0.2, -0.15) is 0 Å². The van der Waals surface area contributed by atoms with Gasteiger partial charge in [-0.1, -0.05) is 23.7 Å². The topological polar surface area (TPSA) is 59.0 Å². The number of hydrogen-bond donors (Lipinski definition) is 2. The number of benzene rings is 1. The molecule has 1 heterocycles. The van der Waals surface area contributed by atoms with E-state index in [0.717, 1.165) is 17.9 Å². The van der Waals surface area contributed by atoms with Crippen LogP contribution in [0.15, 0.2) is 36.7 Å². The Labute approximate surface area is 134 Å². The Balaban J connectivity index is 1.39. The fraction of sp³-hybridized carbons (Fsp3) is 0.375. The van der Waals surface area contributed by atoms with E-state index in [9.17, 15) is 4.79 Å². The minimum Gasteiger partial charge on any atom is -0.336 e. The van der Waals surface area contributed by atoms with E-state index < -0.39 is 0 Å². The molecule has 1 aliphatic rings. The molecule has 6 heteroatoms. The quantitative estimate of drug-likeness (QED) is 0.860. The number of rotatable bonds is 6. The second kappa shape index (κ2) is 6.83. The first-order chi connectivity index (χ1) is 10.7. The zero-order valence-corrected chi connectivity index (χ0v) is 13.0. The van der Waals surface area contributed by atoms with Gasteiger partial charge in [-0.15, -0.1) is 0 Å². The summed E-state index contributed by atoms with van der Waals surface area (Å²) < 4.78 is 2.12. The monoisotopic (exact) mass is 318 g/mol. The predicted octanol–water partition coefficient (Wildman–Crippen LogP) is 2.91. The second-order valence-corrected chi connectivity index (χ2v) is 5.93. The number of urea groups is 1. The van der Waals surface area contributed by atoms with Gasteiger partial charge in [0, 0.05) is 43.0 Å². The maximum absolute atomic E-state index is 11.8. The van der Waals surface area contributed by atoms with Crippen molar-refractivity contribution in [2.75, 3.05) is 6.54 Å². The number of amides is 2. The molecule has 5 nitrogen and oxygen atoms in total. The van der Waals surface area contributed by atoms with Crippen molar-refractivity contribution in [1.82, 2.24) is 20.2 Å². The highest BCUT2D eigenvalue weighted by molar-refractivity contribution is 6.30. The Kier molecular flexibility index (Phi) is 4.63. The molecule has 1 fully saturated rings. The van der Waals surface area contributed by atoms with Gasteiger partial charge >= 0.3 is 6.03 Å². The average molecular weight is 319 g/mol. The summed E-state index contributed by atoms with van der Waals surface area (Å²) in [6.45, 7) is 1.82. The molecule has 1 aliphatic carbocycles. The molecule has 0 aliphatic heterocycles. The largest absolute Gasteiger partial charge is 0.336 e. The molecule has 22 heavy (non-hydrogen) atoms. The highest BCUT2D eigenvalue weighted by atomic mass is 35.5. The van der Waals surface area contributed by atoms with E-state index in [1.807, 2.05) is 36.7 Å². The molecule has 0 spiro atoms. The van der Waals surface area contributed by atoms with Crippen LogP contribution in [-0.4, -0.2) is 22.1 Å². The lowest BCUT2D eigenvalue weighted by Crippen LogP contribution is -2.36. The predicted molar refractivity (Wildman–Crippen MR) is 85.9 cm³/mol. The lowest BCUT2D eigenvalue weighted by atomic mass is 10.2. The number of nitrogens with zero attached hydrogens (tertiary/aromatic N) is 2. The van der Waals surface area contributed by atoms with Crippen LogP contribution >= 0.6 is 11.6 Å². The van der Waals surface area contributed by atoms with E-state index in [4.69, 9.17) is 11.6 Å². The van der Waals surface area contributed by atoms with Gasteiger partial charge in [0.1, 0.15) is 5.82 Å². The maximum Gasteiger partial charge on any atom is 0.315 e. The summed E-state index contributed by atoms with van der Waals surface area (Å²) in [5.41, 5.74) is 1.02. The number of halogens is 1. The van der Waals surface area contributed by atoms with Crippen LogP contribution in [0.3, 0.4) is 0 Å². The van der Waals surface area contributed by atoms with Gasteiger partial charge in [-0.05, 0) is 30.5 Å². The number of hydrogen-bond acceptors (Lipinski definition) is 2. The summed E-state index contributed by atoms with van der Waals surface area (Å²) >= 11 is 5.82. The van der Waals surface area contributed by atoms with Crippen molar-refractivity contribution in [1.29, 1.82) is 0 Å². The molecular formula is C16H19ClN4O. The first kappa shape index (κ1) is 14.9. The van der Waals surface area contributed by atoms with Gasteiger partial charge in [0.05, 0.1) is 0 Å². The van der Waals surface area contributed by atoms with Crippen LogP contribution in [-0.2, 0) is 13.1 Å². The molecule has 0 unspecified atom stereocenters. The van der Waals surface area contributed by atoms with Crippen LogP contribution in [0.25, 0.3) is 0 Å². The lowest BCUT2D eigenvalue weighted by molar-refractivity contribution is 0.240. The Bertz CT molecular complexity index is 634. The molecule has 1 saturated carbocycles. The van der Waals surface area contributed by atoms with Crippen LogP contribution < -0.4 is 10.6 Å². The zero-order chi connectivity index (χ0) is 15.4. The van der Waals surface area contributed by atoms with Crippen LogP contribution in [0, 0.1) is 0 Å². The molecule has 1 aromatic carbocycles. The van der Waals surface area contributed by atoms with Crippen LogP contribution in [0.4, 0.5) is 4.79 Å². The number of nitrogens with one attached hydrogen (secondary N) is 2. The minimum atomic E-state index is -0.164. The first-order valence-corrected chi connectivity index (χ1v) is 7.87. The van der Waals surface area contributed by atoms with Gasteiger partial charge in [0.25, 0.3) is 0 Å². The van der Waals surface area contributed by atoms with Crippen molar-refractivity contribution >= 4 is 17.6 Å². The van der Waals surface area contributed by atoms with Crippen LogP contribution in [0.1, 0.15) is 30.1 Å². The molecule has 0 saturated heterocycles. The van der Waals surface area contributed by atoms with E-state index in [-0.39, 0.29) is 6.03 Å². The summed E-state index contributed by atoms with van der Waals surface area (Å²) in [6, 6.07) is 7.26. The summed E-state index contributed by atoms with van der Waals surface area (Å²) in [7, 11) is 0. The van der Waals surface area contributed by atoms with E-state index in [0.29, 0.717) is 24.0 Å². The van der Waals surface area contributed by atoms with E-state index in [2.05, 4.69) is 20.2 Å². The third-order valence-corrected chi connectivity index (χ3v) is 3.95. The third-order valence-electron chi connectivity index (χ3n) is 3.69. The lowest BCUT2D eigenvalue weighted by Gasteiger charge is -2.10. The van der Waals surface area contributed by atoms with E-state index in [1.165, 1.54) is 12.8 Å². The SMILES string of the molecule is O=C(NCCn1ccnc1C1CC1)NCc1ccc(Cl)cc1. The summed E-state index contributed by atoms with van der Waals surface area (Å²) in [5, 5.41) is 6.39. The van der Waals surface area contributed by atoms with Crippen molar-refractivity contribution in [3.05, 3.63) is 53.1 Å². The van der Waals surface area contributed by atoms with E-state index in [1.54, 1.807) is 0 Å². The fourth-order valence-electron chi connectivity index (χ4n) is 2.35. The Morgan fingerprint density at radius 3 is 2.77 bits per heavy atom. The Morgan fingerprint density at radius 2 is 2.05 bits per heavy atom. The molecule has 2 amide bonds. The third kappa shape index (κ3) is 4.01. The van der Waals surface area contributed by atoms with Gasteiger partial charge in [0.2, 0.25) is 0 Å². The van der Waals surface area contributed by atoms with Crippen molar-refractivity contribution in [2.24, 2.45) is 0 Å². The molecule has 0 atom stereocenters. The van der Waals surface area contributed by atoms with Crippen LogP contribution in [0.5, 0.6) is 0 Å². The number of carbonyl (C=O) groups excluding carboxylic acids is 1. The van der Waals surface area contributed by atoms with Crippen molar-refractivity contribution in [3.63, 3.8) is 0 Å². The Morgan fingerprint density at radius 1 is 1.27 bits per heavy atom. The highest BCUT2D eigenvalue weighted by Crippen LogP contribution is 2.38. The van der Waals surface area contributed by atoms with Gasteiger partial charge in [0.15, 0.2) is 0 Å².